The van der Waals surface area contributed by atoms with E-state index in [0.717, 1.165) is 25.7 Å². The largest absolute Gasteiger partial charge is 0.327 e. The fourth-order valence-electron chi connectivity index (χ4n) is 2.04. The molecule has 0 aromatic carbocycles. The molecule has 1 saturated carbocycles. The molecule has 0 saturated heterocycles. The Morgan fingerprint density at radius 1 is 1.53 bits per heavy atom. The Morgan fingerprint density at radius 3 is 3.00 bits per heavy atom. The van der Waals surface area contributed by atoms with E-state index in [9.17, 15) is 4.79 Å². The summed E-state index contributed by atoms with van der Waals surface area (Å²) in [5.74, 6) is 0.589. The van der Waals surface area contributed by atoms with Crippen molar-refractivity contribution in [2.24, 2.45) is 11.7 Å². The predicted molar refractivity (Wildman–Crippen MR) is 57.2 cm³/mol. The van der Waals surface area contributed by atoms with Crippen LogP contribution in [0.5, 0.6) is 0 Å². The van der Waals surface area contributed by atoms with Crippen molar-refractivity contribution in [1.82, 2.24) is 10.2 Å². The van der Waals surface area contributed by atoms with Gasteiger partial charge in [-0.25, -0.2) is 0 Å². The SMILES string of the molecule is NC1CCCCC1C(=O)Nc1ccn[nH]1. The van der Waals surface area contributed by atoms with Gasteiger partial charge in [0, 0.05) is 12.1 Å². The van der Waals surface area contributed by atoms with Crippen molar-refractivity contribution >= 4 is 11.7 Å². The molecule has 1 aromatic heterocycles. The van der Waals surface area contributed by atoms with Crippen molar-refractivity contribution in [1.29, 1.82) is 0 Å². The van der Waals surface area contributed by atoms with Crippen molar-refractivity contribution in [2.45, 2.75) is 31.7 Å². The van der Waals surface area contributed by atoms with E-state index in [1.807, 2.05) is 0 Å². The first-order valence-corrected chi connectivity index (χ1v) is 5.33. The third-order valence-corrected chi connectivity index (χ3v) is 2.91. The van der Waals surface area contributed by atoms with E-state index in [-0.39, 0.29) is 17.9 Å². The Hall–Kier alpha value is -1.36. The summed E-state index contributed by atoms with van der Waals surface area (Å²) >= 11 is 0. The molecule has 5 heteroatoms. The van der Waals surface area contributed by atoms with Crippen molar-refractivity contribution in [3.05, 3.63) is 12.3 Å². The minimum Gasteiger partial charge on any atom is -0.327 e. The van der Waals surface area contributed by atoms with Crippen LogP contribution in [0.4, 0.5) is 5.82 Å². The topological polar surface area (TPSA) is 83.8 Å². The molecule has 2 rings (SSSR count). The zero-order valence-electron chi connectivity index (χ0n) is 8.57. The third kappa shape index (κ3) is 2.36. The molecule has 1 aromatic rings. The van der Waals surface area contributed by atoms with Crippen LogP contribution in [0.2, 0.25) is 0 Å². The highest BCUT2D eigenvalue weighted by Crippen LogP contribution is 2.23. The second kappa shape index (κ2) is 4.44. The number of nitrogens with zero attached hydrogens (tertiary/aromatic N) is 1. The van der Waals surface area contributed by atoms with Crippen LogP contribution in [0, 0.1) is 5.92 Å². The number of H-pyrrole nitrogens is 1. The molecule has 1 heterocycles. The second-order valence-electron chi connectivity index (χ2n) is 4.01. The highest BCUT2D eigenvalue weighted by molar-refractivity contribution is 5.92. The summed E-state index contributed by atoms with van der Waals surface area (Å²) in [7, 11) is 0. The normalized spacial score (nSPS) is 26.2. The molecule has 4 N–H and O–H groups in total. The van der Waals surface area contributed by atoms with Gasteiger partial charge < -0.3 is 11.1 Å². The maximum Gasteiger partial charge on any atom is 0.230 e. The van der Waals surface area contributed by atoms with E-state index in [1.165, 1.54) is 0 Å². The molecular weight excluding hydrogens is 192 g/mol. The molecule has 1 aliphatic rings. The number of rotatable bonds is 2. The molecule has 2 atom stereocenters. The number of carbonyl (C=O) groups excluding carboxylic acids is 1. The van der Waals surface area contributed by atoms with E-state index in [2.05, 4.69) is 15.5 Å². The lowest BCUT2D eigenvalue weighted by atomic mass is 9.84. The van der Waals surface area contributed by atoms with Gasteiger partial charge in [0.05, 0.1) is 12.1 Å². The summed E-state index contributed by atoms with van der Waals surface area (Å²) in [5.41, 5.74) is 5.92. The Labute approximate surface area is 88.4 Å². The molecule has 15 heavy (non-hydrogen) atoms. The maximum atomic E-state index is 11.8. The van der Waals surface area contributed by atoms with Gasteiger partial charge >= 0.3 is 0 Å². The zero-order valence-corrected chi connectivity index (χ0v) is 8.57. The van der Waals surface area contributed by atoms with Crippen LogP contribution < -0.4 is 11.1 Å². The number of nitrogens with one attached hydrogen (secondary N) is 2. The fraction of sp³-hybridized carbons (Fsp3) is 0.600. The molecule has 2 unspecified atom stereocenters. The summed E-state index contributed by atoms with van der Waals surface area (Å²) in [6.45, 7) is 0. The van der Waals surface area contributed by atoms with Crippen LogP contribution in [0.3, 0.4) is 0 Å². The molecule has 1 fully saturated rings. The van der Waals surface area contributed by atoms with Gasteiger partial charge in [0.25, 0.3) is 0 Å². The van der Waals surface area contributed by atoms with Gasteiger partial charge in [-0.1, -0.05) is 12.8 Å². The number of nitrogens with two attached hydrogens (primary N) is 1. The van der Waals surface area contributed by atoms with Gasteiger partial charge in [-0.15, -0.1) is 0 Å². The van der Waals surface area contributed by atoms with E-state index in [1.54, 1.807) is 12.3 Å². The quantitative estimate of drug-likeness (QED) is 0.674. The Bertz CT molecular complexity index is 322. The Kier molecular flexibility index (Phi) is 3.01. The molecule has 0 aliphatic heterocycles. The van der Waals surface area contributed by atoms with E-state index in [4.69, 9.17) is 5.73 Å². The lowest BCUT2D eigenvalue weighted by Crippen LogP contribution is -2.40. The van der Waals surface area contributed by atoms with E-state index >= 15 is 0 Å². The Balaban J connectivity index is 1.95. The lowest BCUT2D eigenvalue weighted by Gasteiger charge is -2.27. The molecule has 1 amide bonds. The first-order valence-electron chi connectivity index (χ1n) is 5.33. The number of aromatic amines is 1. The molecule has 82 valence electrons. The highest BCUT2D eigenvalue weighted by atomic mass is 16.2. The summed E-state index contributed by atoms with van der Waals surface area (Å²) in [6.07, 6.45) is 5.67. The Morgan fingerprint density at radius 2 is 2.33 bits per heavy atom. The molecule has 5 nitrogen and oxygen atoms in total. The fourth-order valence-corrected chi connectivity index (χ4v) is 2.04. The molecular formula is C10H16N4O. The van der Waals surface area contributed by atoms with Gasteiger partial charge in [0.15, 0.2) is 0 Å². The van der Waals surface area contributed by atoms with Gasteiger partial charge in [0.1, 0.15) is 5.82 Å². The number of anilines is 1. The van der Waals surface area contributed by atoms with Crippen LogP contribution in [-0.4, -0.2) is 22.1 Å². The summed E-state index contributed by atoms with van der Waals surface area (Å²) in [5, 5.41) is 9.25. The lowest BCUT2D eigenvalue weighted by molar-refractivity contribution is -0.121. The second-order valence-corrected chi connectivity index (χ2v) is 4.01. The van der Waals surface area contributed by atoms with Crippen molar-refractivity contribution in [3.63, 3.8) is 0 Å². The van der Waals surface area contributed by atoms with Crippen LogP contribution >= 0.6 is 0 Å². The maximum absolute atomic E-state index is 11.8. The molecule has 0 radical (unpaired) electrons. The van der Waals surface area contributed by atoms with Gasteiger partial charge in [0.2, 0.25) is 5.91 Å². The van der Waals surface area contributed by atoms with Crippen LogP contribution in [-0.2, 0) is 4.79 Å². The predicted octanol–water partition coefficient (Wildman–Crippen LogP) is 0.866. The minimum atomic E-state index is -0.0537. The van der Waals surface area contributed by atoms with E-state index in [0.29, 0.717) is 5.82 Å². The average molecular weight is 208 g/mol. The number of hydrogen-bond acceptors (Lipinski definition) is 3. The first-order chi connectivity index (χ1) is 7.27. The molecule has 1 aliphatic carbocycles. The number of carbonyl (C=O) groups is 1. The summed E-state index contributed by atoms with van der Waals surface area (Å²) < 4.78 is 0. The smallest absolute Gasteiger partial charge is 0.230 e. The highest BCUT2D eigenvalue weighted by Gasteiger charge is 2.28. The summed E-state index contributed by atoms with van der Waals surface area (Å²) in [6, 6.07) is 1.73. The standard InChI is InChI=1S/C10H16N4O/c11-8-4-2-1-3-7(8)10(15)13-9-5-6-12-14-9/h5-8H,1-4,11H2,(H2,12,13,14,15). The van der Waals surface area contributed by atoms with Crippen LogP contribution in [0.1, 0.15) is 25.7 Å². The van der Waals surface area contributed by atoms with Crippen molar-refractivity contribution in [3.8, 4) is 0 Å². The third-order valence-electron chi connectivity index (χ3n) is 2.91. The number of aromatic nitrogens is 2. The van der Waals surface area contributed by atoms with Crippen molar-refractivity contribution < 1.29 is 4.79 Å². The summed E-state index contributed by atoms with van der Waals surface area (Å²) in [4.78, 5) is 11.8. The van der Waals surface area contributed by atoms with Crippen LogP contribution in [0.15, 0.2) is 12.3 Å². The average Bonchev–Trinajstić information content (AvgIpc) is 2.71. The van der Waals surface area contributed by atoms with Gasteiger partial charge in [-0.05, 0) is 12.8 Å². The van der Waals surface area contributed by atoms with Crippen LogP contribution in [0.25, 0.3) is 0 Å². The molecule has 0 bridgehead atoms. The first kappa shape index (κ1) is 10.2. The van der Waals surface area contributed by atoms with Gasteiger partial charge in [-0.3, -0.25) is 9.89 Å². The number of hydrogen-bond donors (Lipinski definition) is 3. The minimum absolute atomic E-state index is 0.00155. The molecule has 0 spiro atoms. The monoisotopic (exact) mass is 208 g/mol. The van der Waals surface area contributed by atoms with Gasteiger partial charge in [-0.2, -0.15) is 5.10 Å². The van der Waals surface area contributed by atoms with Crippen molar-refractivity contribution in [2.75, 3.05) is 5.32 Å². The zero-order chi connectivity index (χ0) is 10.7. The van der Waals surface area contributed by atoms with E-state index < -0.39 is 0 Å². The number of amides is 1.